The summed E-state index contributed by atoms with van der Waals surface area (Å²) in [6.07, 6.45) is 6.34. The summed E-state index contributed by atoms with van der Waals surface area (Å²) < 4.78 is 0. The first-order valence-corrected chi connectivity index (χ1v) is 4.85. The zero-order chi connectivity index (χ0) is 10.4. The average molecular weight is 187 g/mol. The lowest BCUT2D eigenvalue weighted by atomic mass is 10.1. The highest BCUT2D eigenvalue weighted by Gasteiger charge is 1.93. The molecule has 0 radical (unpaired) electrons. The molecule has 0 aliphatic carbocycles. The number of hydrogen-bond acceptors (Lipinski definition) is 1. The molecule has 0 aromatic heterocycles. The quantitative estimate of drug-likeness (QED) is 0.711. The average Bonchev–Trinajstić information content (AvgIpc) is 2.26. The summed E-state index contributed by atoms with van der Waals surface area (Å²) in [6.45, 7) is 4.14. The van der Waals surface area contributed by atoms with E-state index in [1.54, 1.807) is 0 Å². The van der Waals surface area contributed by atoms with Crippen LogP contribution < -0.4 is 5.32 Å². The summed E-state index contributed by atoms with van der Waals surface area (Å²) in [7, 11) is 1.94. The van der Waals surface area contributed by atoms with Gasteiger partial charge in [-0.2, -0.15) is 0 Å². The minimum Gasteiger partial charge on any atom is -0.388 e. The van der Waals surface area contributed by atoms with Crippen molar-refractivity contribution in [2.45, 2.75) is 13.8 Å². The van der Waals surface area contributed by atoms with Crippen LogP contribution in [0.1, 0.15) is 19.4 Å². The van der Waals surface area contributed by atoms with Gasteiger partial charge in [0.2, 0.25) is 0 Å². The minimum atomic E-state index is 1.16. The van der Waals surface area contributed by atoms with Crippen molar-refractivity contribution in [3.63, 3.8) is 0 Å². The fraction of sp³-hybridized carbons (Fsp3) is 0.231. The Morgan fingerprint density at radius 1 is 1.29 bits per heavy atom. The lowest BCUT2D eigenvalue weighted by Crippen LogP contribution is -1.90. The SMILES string of the molecule is C/C=C(C)/C=C/c1ccccc1NC. The Balaban J connectivity index is 2.91. The monoisotopic (exact) mass is 187 g/mol. The fourth-order valence-electron chi connectivity index (χ4n) is 1.19. The van der Waals surface area contributed by atoms with E-state index in [4.69, 9.17) is 0 Å². The van der Waals surface area contributed by atoms with Gasteiger partial charge in [0.25, 0.3) is 0 Å². The van der Waals surface area contributed by atoms with E-state index < -0.39 is 0 Å². The van der Waals surface area contributed by atoms with Crippen LogP contribution in [0.5, 0.6) is 0 Å². The molecule has 14 heavy (non-hydrogen) atoms. The summed E-state index contributed by atoms with van der Waals surface area (Å²) in [5, 5.41) is 3.17. The number of nitrogens with one attached hydrogen (secondary N) is 1. The van der Waals surface area contributed by atoms with Gasteiger partial charge in [-0.05, 0) is 25.5 Å². The molecule has 1 N–H and O–H groups in total. The topological polar surface area (TPSA) is 12.0 Å². The van der Waals surface area contributed by atoms with Crippen molar-refractivity contribution in [3.8, 4) is 0 Å². The summed E-state index contributed by atoms with van der Waals surface area (Å²) in [6, 6.07) is 8.26. The van der Waals surface area contributed by atoms with E-state index in [-0.39, 0.29) is 0 Å². The molecular weight excluding hydrogens is 170 g/mol. The van der Waals surface area contributed by atoms with Gasteiger partial charge >= 0.3 is 0 Å². The van der Waals surface area contributed by atoms with E-state index in [0.717, 1.165) is 5.69 Å². The van der Waals surface area contributed by atoms with Crippen LogP contribution in [0.2, 0.25) is 0 Å². The summed E-state index contributed by atoms with van der Waals surface area (Å²) in [4.78, 5) is 0. The van der Waals surface area contributed by atoms with Gasteiger partial charge in [-0.15, -0.1) is 0 Å². The molecule has 0 heterocycles. The molecule has 0 fully saturated rings. The van der Waals surface area contributed by atoms with Crippen molar-refractivity contribution in [1.82, 2.24) is 0 Å². The van der Waals surface area contributed by atoms with Gasteiger partial charge in [0.1, 0.15) is 0 Å². The van der Waals surface area contributed by atoms with Gasteiger partial charge in [0.15, 0.2) is 0 Å². The molecule has 0 unspecified atom stereocenters. The lowest BCUT2D eigenvalue weighted by molar-refractivity contribution is 1.47. The van der Waals surface area contributed by atoms with Crippen LogP contribution in [0.25, 0.3) is 6.08 Å². The molecule has 1 nitrogen and oxygen atoms in total. The smallest absolute Gasteiger partial charge is 0.0411 e. The first-order chi connectivity index (χ1) is 6.77. The van der Waals surface area contributed by atoms with Crippen LogP contribution in [0.4, 0.5) is 5.69 Å². The third-order valence-electron chi connectivity index (χ3n) is 2.21. The largest absolute Gasteiger partial charge is 0.388 e. The second-order valence-corrected chi connectivity index (χ2v) is 3.20. The van der Waals surface area contributed by atoms with Crippen LogP contribution in [-0.4, -0.2) is 7.05 Å². The molecule has 0 spiro atoms. The number of para-hydroxylation sites is 1. The van der Waals surface area contributed by atoms with Crippen LogP contribution in [0.3, 0.4) is 0 Å². The maximum absolute atomic E-state index is 3.17. The molecule has 1 aromatic rings. The van der Waals surface area contributed by atoms with Crippen LogP contribution >= 0.6 is 0 Å². The Morgan fingerprint density at radius 3 is 2.64 bits per heavy atom. The molecule has 1 rings (SSSR count). The van der Waals surface area contributed by atoms with Crippen molar-refractivity contribution in [2.24, 2.45) is 0 Å². The van der Waals surface area contributed by atoms with Gasteiger partial charge in [-0.1, -0.05) is 42.0 Å². The normalized spacial score (nSPS) is 12.1. The first-order valence-electron chi connectivity index (χ1n) is 4.85. The predicted octanol–water partition coefficient (Wildman–Crippen LogP) is 3.71. The molecule has 0 aliphatic heterocycles. The molecule has 0 bridgehead atoms. The molecular formula is C13H17N. The molecule has 74 valence electrons. The van der Waals surface area contributed by atoms with Crippen molar-refractivity contribution >= 4 is 11.8 Å². The molecule has 0 aliphatic rings. The van der Waals surface area contributed by atoms with E-state index in [1.165, 1.54) is 11.1 Å². The molecule has 1 heteroatoms. The summed E-state index contributed by atoms with van der Waals surface area (Å²) >= 11 is 0. The molecule has 0 saturated carbocycles. The number of allylic oxidation sites excluding steroid dienone is 3. The van der Waals surface area contributed by atoms with E-state index in [2.05, 4.69) is 42.6 Å². The highest BCUT2D eigenvalue weighted by molar-refractivity contribution is 5.67. The minimum absolute atomic E-state index is 1.16. The Labute approximate surface area is 86.2 Å². The maximum atomic E-state index is 3.17. The van der Waals surface area contributed by atoms with Gasteiger partial charge < -0.3 is 5.32 Å². The highest BCUT2D eigenvalue weighted by Crippen LogP contribution is 2.16. The molecule has 0 atom stereocenters. The lowest BCUT2D eigenvalue weighted by Gasteiger charge is -2.03. The van der Waals surface area contributed by atoms with Gasteiger partial charge in [-0.25, -0.2) is 0 Å². The van der Waals surface area contributed by atoms with Crippen LogP contribution in [0.15, 0.2) is 42.0 Å². The second-order valence-electron chi connectivity index (χ2n) is 3.20. The first kappa shape index (κ1) is 10.6. The van der Waals surface area contributed by atoms with E-state index >= 15 is 0 Å². The molecule has 0 amide bonds. The Hall–Kier alpha value is -1.50. The fourth-order valence-corrected chi connectivity index (χ4v) is 1.19. The highest BCUT2D eigenvalue weighted by atomic mass is 14.8. The third-order valence-corrected chi connectivity index (χ3v) is 2.21. The maximum Gasteiger partial charge on any atom is 0.0411 e. The number of benzene rings is 1. The molecule has 0 saturated heterocycles. The zero-order valence-electron chi connectivity index (χ0n) is 9.04. The number of anilines is 1. The van der Waals surface area contributed by atoms with Crippen molar-refractivity contribution < 1.29 is 0 Å². The van der Waals surface area contributed by atoms with Crippen molar-refractivity contribution in [1.29, 1.82) is 0 Å². The summed E-state index contributed by atoms with van der Waals surface area (Å²) in [5.41, 5.74) is 3.65. The van der Waals surface area contributed by atoms with Crippen LogP contribution in [0, 0.1) is 0 Å². The Morgan fingerprint density at radius 2 is 2.00 bits per heavy atom. The van der Waals surface area contributed by atoms with Crippen molar-refractivity contribution in [2.75, 3.05) is 12.4 Å². The number of hydrogen-bond donors (Lipinski definition) is 1. The van der Waals surface area contributed by atoms with Gasteiger partial charge in [-0.3, -0.25) is 0 Å². The second kappa shape index (κ2) is 5.28. The number of rotatable bonds is 3. The molecule has 1 aromatic carbocycles. The van der Waals surface area contributed by atoms with E-state index in [9.17, 15) is 0 Å². The van der Waals surface area contributed by atoms with Gasteiger partial charge in [0, 0.05) is 12.7 Å². The standard InChI is InChI=1S/C13H17N/c1-4-11(2)9-10-12-7-5-6-8-13(12)14-3/h4-10,14H,1-3H3/b10-9+,11-4+. The van der Waals surface area contributed by atoms with Crippen LogP contribution in [-0.2, 0) is 0 Å². The third kappa shape index (κ3) is 2.77. The Bertz CT molecular complexity index is 348. The summed E-state index contributed by atoms with van der Waals surface area (Å²) in [5.74, 6) is 0. The van der Waals surface area contributed by atoms with Gasteiger partial charge in [0.05, 0.1) is 0 Å². The van der Waals surface area contributed by atoms with Crippen molar-refractivity contribution in [3.05, 3.63) is 47.6 Å². The Kier molecular flexibility index (Phi) is 3.99. The van der Waals surface area contributed by atoms with E-state index in [1.807, 2.05) is 26.1 Å². The van der Waals surface area contributed by atoms with E-state index in [0.29, 0.717) is 0 Å². The predicted molar refractivity (Wildman–Crippen MR) is 64.5 cm³/mol. The zero-order valence-corrected chi connectivity index (χ0v) is 9.04.